The fourth-order valence-corrected chi connectivity index (χ4v) is 4.78. The number of carbonyl (C=O) groups excluding carboxylic acids is 2. The molecule has 3 heterocycles. The first-order chi connectivity index (χ1) is 14.7. The first-order valence-electron chi connectivity index (χ1n) is 12.0. The fourth-order valence-electron chi connectivity index (χ4n) is 4.78. The van der Waals surface area contributed by atoms with Crippen molar-refractivity contribution in [3.8, 4) is 0 Å². The van der Waals surface area contributed by atoms with Crippen molar-refractivity contribution in [2.75, 3.05) is 26.2 Å². The summed E-state index contributed by atoms with van der Waals surface area (Å²) < 4.78 is 5.28. The Kier molecular flexibility index (Phi) is 9.25. The van der Waals surface area contributed by atoms with Crippen LogP contribution in [0.25, 0.3) is 0 Å². The molecule has 2 aliphatic heterocycles. The summed E-state index contributed by atoms with van der Waals surface area (Å²) in [5, 5.41) is 3.00. The van der Waals surface area contributed by atoms with Gasteiger partial charge in [-0.3, -0.25) is 9.59 Å². The number of amides is 2. The van der Waals surface area contributed by atoms with E-state index < -0.39 is 0 Å². The molecular weight excluding hydrogens is 378 g/mol. The van der Waals surface area contributed by atoms with Crippen molar-refractivity contribution in [2.45, 2.75) is 83.7 Å². The third-order valence-corrected chi connectivity index (χ3v) is 6.75. The van der Waals surface area contributed by atoms with E-state index in [1.54, 1.807) is 6.26 Å². The molecule has 0 radical (unpaired) electrons. The second-order valence-electron chi connectivity index (χ2n) is 8.88. The van der Waals surface area contributed by atoms with Gasteiger partial charge in [-0.15, -0.1) is 0 Å². The van der Waals surface area contributed by atoms with Crippen molar-refractivity contribution >= 4 is 11.8 Å². The smallest absolute Gasteiger partial charge is 0.223 e. The third-order valence-electron chi connectivity index (χ3n) is 6.75. The van der Waals surface area contributed by atoms with Crippen LogP contribution in [0.15, 0.2) is 22.8 Å². The van der Waals surface area contributed by atoms with Crippen LogP contribution < -0.4 is 5.32 Å². The second-order valence-corrected chi connectivity index (χ2v) is 8.88. The number of nitrogens with one attached hydrogen (secondary N) is 1. The van der Waals surface area contributed by atoms with Crippen LogP contribution in [0.3, 0.4) is 0 Å². The lowest BCUT2D eigenvalue weighted by Crippen LogP contribution is -2.50. The molecule has 0 atom stereocenters. The van der Waals surface area contributed by atoms with Crippen molar-refractivity contribution in [3.63, 3.8) is 0 Å². The molecule has 0 saturated carbocycles. The van der Waals surface area contributed by atoms with Gasteiger partial charge in [0.25, 0.3) is 0 Å². The van der Waals surface area contributed by atoms with E-state index in [0.717, 1.165) is 64.0 Å². The van der Waals surface area contributed by atoms with E-state index >= 15 is 0 Å². The van der Waals surface area contributed by atoms with E-state index in [1.165, 1.54) is 25.7 Å². The van der Waals surface area contributed by atoms with Gasteiger partial charge in [0.2, 0.25) is 11.8 Å². The highest BCUT2D eigenvalue weighted by Crippen LogP contribution is 2.24. The molecule has 0 bridgehead atoms. The summed E-state index contributed by atoms with van der Waals surface area (Å²) in [4.78, 5) is 29.5. The van der Waals surface area contributed by atoms with E-state index in [2.05, 4.69) is 22.0 Å². The van der Waals surface area contributed by atoms with Crippen LogP contribution in [-0.4, -0.2) is 53.8 Å². The first-order valence-corrected chi connectivity index (χ1v) is 12.0. The largest absolute Gasteiger partial charge is 0.467 e. The number of piperidine rings is 2. The van der Waals surface area contributed by atoms with E-state index in [-0.39, 0.29) is 11.8 Å². The average molecular weight is 418 g/mol. The number of nitrogens with zero attached hydrogens (tertiary/aromatic N) is 2. The van der Waals surface area contributed by atoms with Gasteiger partial charge in [-0.25, -0.2) is 0 Å². The van der Waals surface area contributed by atoms with Gasteiger partial charge in [0.15, 0.2) is 0 Å². The highest BCUT2D eigenvalue weighted by atomic mass is 16.3. The number of hydrogen-bond donors (Lipinski definition) is 1. The minimum Gasteiger partial charge on any atom is -0.467 e. The minimum atomic E-state index is 0.102. The molecule has 1 N–H and O–H groups in total. The Labute approximate surface area is 181 Å². The molecule has 30 heavy (non-hydrogen) atoms. The maximum Gasteiger partial charge on any atom is 0.223 e. The van der Waals surface area contributed by atoms with Gasteiger partial charge < -0.3 is 19.5 Å². The molecular formula is C24H39N3O3. The molecule has 0 unspecified atom stereocenters. The van der Waals surface area contributed by atoms with Crippen LogP contribution >= 0.6 is 0 Å². The van der Waals surface area contributed by atoms with Gasteiger partial charge in [-0.05, 0) is 57.3 Å². The lowest BCUT2D eigenvalue weighted by Gasteiger charge is -2.41. The molecule has 3 rings (SSSR count). The second kappa shape index (κ2) is 12.1. The first kappa shape index (κ1) is 22.9. The summed E-state index contributed by atoms with van der Waals surface area (Å²) in [5.41, 5.74) is 0. The van der Waals surface area contributed by atoms with Gasteiger partial charge >= 0.3 is 0 Å². The lowest BCUT2D eigenvalue weighted by molar-refractivity contribution is -0.133. The average Bonchev–Trinajstić information content (AvgIpc) is 3.31. The topological polar surface area (TPSA) is 65.8 Å². The summed E-state index contributed by atoms with van der Waals surface area (Å²) in [6, 6.07) is 4.28. The highest BCUT2D eigenvalue weighted by molar-refractivity contribution is 5.78. The molecule has 0 aliphatic carbocycles. The fraction of sp³-hybridized carbons (Fsp3) is 0.750. The van der Waals surface area contributed by atoms with Crippen LogP contribution in [0.2, 0.25) is 0 Å². The van der Waals surface area contributed by atoms with Crippen molar-refractivity contribution in [3.05, 3.63) is 24.2 Å². The van der Waals surface area contributed by atoms with E-state index in [0.29, 0.717) is 24.9 Å². The SMILES string of the molecule is CCCCCCCC(=O)N1CCC(N2CCC(C(=O)NCc3ccco3)CC2)CC1. The molecule has 0 aromatic carbocycles. The predicted octanol–water partition coefficient (Wildman–Crippen LogP) is 3.96. The lowest BCUT2D eigenvalue weighted by atomic mass is 9.92. The maximum atomic E-state index is 12.4. The third kappa shape index (κ3) is 6.86. The number of hydrogen-bond acceptors (Lipinski definition) is 4. The van der Waals surface area contributed by atoms with Gasteiger partial charge in [-0.2, -0.15) is 0 Å². The van der Waals surface area contributed by atoms with Crippen molar-refractivity contribution in [2.24, 2.45) is 5.92 Å². The molecule has 1 aromatic heterocycles. The molecule has 168 valence electrons. The normalized spacial score (nSPS) is 19.2. The highest BCUT2D eigenvalue weighted by Gasteiger charge is 2.31. The Hall–Kier alpha value is -1.82. The number of likely N-dealkylation sites (tertiary alicyclic amines) is 2. The monoisotopic (exact) mass is 417 g/mol. The Morgan fingerprint density at radius 3 is 2.43 bits per heavy atom. The number of furan rings is 1. The van der Waals surface area contributed by atoms with Crippen LogP contribution in [-0.2, 0) is 16.1 Å². The molecule has 2 aliphatic rings. The Morgan fingerprint density at radius 2 is 1.77 bits per heavy atom. The minimum absolute atomic E-state index is 0.102. The van der Waals surface area contributed by atoms with Gasteiger partial charge in [0.05, 0.1) is 12.8 Å². The molecule has 2 fully saturated rings. The summed E-state index contributed by atoms with van der Waals surface area (Å²) >= 11 is 0. The molecule has 2 saturated heterocycles. The van der Waals surface area contributed by atoms with Gasteiger partial charge in [0, 0.05) is 31.5 Å². The summed E-state index contributed by atoms with van der Waals surface area (Å²) in [6.07, 6.45) is 12.3. The van der Waals surface area contributed by atoms with Crippen molar-refractivity contribution in [1.29, 1.82) is 0 Å². The number of carbonyl (C=O) groups is 2. The molecule has 1 aromatic rings. The Morgan fingerprint density at radius 1 is 1.03 bits per heavy atom. The van der Waals surface area contributed by atoms with E-state index in [9.17, 15) is 9.59 Å². The standard InChI is InChI=1S/C24H39N3O3/c1-2-3-4-5-6-9-23(28)27-16-12-21(13-17-27)26-14-10-20(11-15-26)24(29)25-19-22-8-7-18-30-22/h7-8,18,20-21H,2-6,9-17,19H2,1H3,(H,25,29). The summed E-state index contributed by atoms with van der Waals surface area (Å²) in [5.74, 6) is 1.39. The van der Waals surface area contributed by atoms with E-state index in [1.807, 2.05) is 12.1 Å². The number of rotatable bonds is 10. The quantitative estimate of drug-likeness (QED) is 0.585. The zero-order chi connectivity index (χ0) is 21.2. The van der Waals surface area contributed by atoms with Gasteiger partial charge in [-0.1, -0.05) is 32.6 Å². The van der Waals surface area contributed by atoms with E-state index in [4.69, 9.17) is 4.42 Å². The molecule has 2 amide bonds. The zero-order valence-corrected chi connectivity index (χ0v) is 18.6. The van der Waals surface area contributed by atoms with Crippen LogP contribution in [0, 0.1) is 5.92 Å². The Balaban J connectivity index is 1.30. The predicted molar refractivity (Wildman–Crippen MR) is 118 cm³/mol. The molecule has 6 nitrogen and oxygen atoms in total. The molecule has 0 spiro atoms. The zero-order valence-electron chi connectivity index (χ0n) is 18.6. The summed E-state index contributed by atoms with van der Waals surface area (Å²) in [6.45, 7) is 6.43. The summed E-state index contributed by atoms with van der Waals surface area (Å²) in [7, 11) is 0. The van der Waals surface area contributed by atoms with Gasteiger partial charge in [0.1, 0.15) is 5.76 Å². The van der Waals surface area contributed by atoms with Crippen molar-refractivity contribution in [1.82, 2.24) is 15.1 Å². The van der Waals surface area contributed by atoms with Crippen molar-refractivity contribution < 1.29 is 14.0 Å². The molecule has 6 heteroatoms. The Bertz CT molecular complexity index is 630. The van der Waals surface area contributed by atoms with Crippen LogP contribution in [0.1, 0.15) is 76.9 Å². The van der Waals surface area contributed by atoms with Crippen LogP contribution in [0.4, 0.5) is 0 Å². The maximum absolute atomic E-state index is 12.4. The number of unbranched alkanes of at least 4 members (excludes halogenated alkanes) is 4. The van der Waals surface area contributed by atoms with Crippen LogP contribution in [0.5, 0.6) is 0 Å².